The lowest BCUT2D eigenvalue weighted by Gasteiger charge is -2.03. The smallest absolute Gasteiger partial charge is 0.328 e. The lowest BCUT2D eigenvalue weighted by Crippen LogP contribution is -2.16. The van der Waals surface area contributed by atoms with Gasteiger partial charge in [0.25, 0.3) is 5.91 Å². The summed E-state index contributed by atoms with van der Waals surface area (Å²) in [4.78, 5) is 21.0. The van der Waals surface area contributed by atoms with Gasteiger partial charge in [0.05, 0.1) is 6.20 Å². The van der Waals surface area contributed by atoms with Crippen molar-refractivity contribution in [3.63, 3.8) is 0 Å². The van der Waals surface area contributed by atoms with E-state index in [4.69, 9.17) is 10.8 Å². The molecule has 1 atom stereocenters. The van der Waals surface area contributed by atoms with Crippen molar-refractivity contribution in [1.82, 2.24) is 15.0 Å². The van der Waals surface area contributed by atoms with E-state index >= 15 is 0 Å². The summed E-state index contributed by atoms with van der Waals surface area (Å²) in [6.45, 7) is 1.42. The Balaban J connectivity index is 2.91. The third kappa shape index (κ3) is 1.81. The molecular weight excluding hydrogens is 176 g/mol. The third-order valence-corrected chi connectivity index (χ3v) is 1.52. The highest BCUT2D eigenvalue weighted by Gasteiger charge is 2.16. The fraction of sp³-hybridized carbons (Fsp3) is 0.333. The van der Waals surface area contributed by atoms with E-state index < -0.39 is 17.9 Å². The maximum Gasteiger partial charge on any atom is 0.328 e. The van der Waals surface area contributed by atoms with E-state index in [1.807, 2.05) is 0 Å². The Bertz CT molecular complexity index is 345. The number of nitrogens with two attached hydrogens (primary N) is 1. The van der Waals surface area contributed by atoms with E-state index in [9.17, 15) is 9.59 Å². The molecule has 0 saturated carbocycles. The fourth-order valence-corrected chi connectivity index (χ4v) is 0.692. The minimum absolute atomic E-state index is 0.0481. The highest BCUT2D eigenvalue weighted by molar-refractivity contribution is 5.90. The van der Waals surface area contributed by atoms with Gasteiger partial charge < -0.3 is 10.8 Å². The van der Waals surface area contributed by atoms with Crippen LogP contribution in [0.4, 0.5) is 0 Å². The number of amides is 1. The number of aliphatic carboxylic acids is 1. The van der Waals surface area contributed by atoms with Crippen LogP contribution in [0, 0.1) is 0 Å². The van der Waals surface area contributed by atoms with Crippen LogP contribution in [0.25, 0.3) is 0 Å². The van der Waals surface area contributed by atoms with E-state index in [2.05, 4.69) is 10.3 Å². The fourth-order valence-electron chi connectivity index (χ4n) is 0.692. The topological polar surface area (TPSA) is 111 Å². The van der Waals surface area contributed by atoms with E-state index in [0.717, 1.165) is 4.68 Å². The quantitative estimate of drug-likeness (QED) is 0.627. The molecule has 0 aliphatic heterocycles. The van der Waals surface area contributed by atoms with Crippen molar-refractivity contribution in [2.24, 2.45) is 5.73 Å². The third-order valence-electron chi connectivity index (χ3n) is 1.52. The molecule has 13 heavy (non-hydrogen) atoms. The van der Waals surface area contributed by atoms with Crippen molar-refractivity contribution >= 4 is 11.9 Å². The second-order valence-electron chi connectivity index (χ2n) is 2.46. The van der Waals surface area contributed by atoms with Crippen molar-refractivity contribution in [2.45, 2.75) is 13.0 Å². The largest absolute Gasteiger partial charge is 0.480 e. The number of hydrogen-bond donors (Lipinski definition) is 2. The molecule has 1 heterocycles. The van der Waals surface area contributed by atoms with E-state index in [1.54, 1.807) is 0 Å². The van der Waals surface area contributed by atoms with Crippen molar-refractivity contribution < 1.29 is 14.7 Å². The average Bonchev–Trinajstić information content (AvgIpc) is 2.50. The lowest BCUT2D eigenvalue weighted by atomic mass is 10.3. The van der Waals surface area contributed by atoms with E-state index in [0.29, 0.717) is 0 Å². The highest BCUT2D eigenvalue weighted by atomic mass is 16.4. The Hall–Kier alpha value is -1.92. The van der Waals surface area contributed by atoms with Crippen LogP contribution in [-0.2, 0) is 4.79 Å². The van der Waals surface area contributed by atoms with Crippen LogP contribution in [0.2, 0.25) is 0 Å². The number of carboxylic acids is 1. The summed E-state index contributed by atoms with van der Waals surface area (Å²) in [5.41, 5.74) is 4.85. The molecule has 1 amide bonds. The van der Waals surface area contributed by atoms with Gasteiger partial charge >= 0.3 is 5.97 Å². The summed E-state index contributed by atoms with van der Waals surface area (Å²) in [5, 5.41) is 15.4. The zero-order valence-electron chi connectivity index (χ0n) is 6.84. The zero-order valence-corrected chi connectivity index (χ0v) is 6.84. The number of rotatable bonds is 3. The Morgan fingerprint density at radius 2 is 2.31 bits per heavy atom. The van der Waals surface area contributed by atoms with Crippen LogP contribution < -0.4 is 5.73 Å². The first kappa shape index (κ1) is 9.17. The van der Waals surface area contributed by atoms with Gasteiger partial charge in [0, 0.05) is 0 Å². The molecule has 0 radical (unpaired) electrons. The van der Waals surface area contributed by atoms with Gasteiger partial charge in [-0.15, -0.1) is 5.10 Å². The number of carbonyl (C=O) groups excluding carboxylic acids is 1. The lowest BCUT2D eigenvalue weighted by molar-refractivity contribution is -0.140. The van der Waals surface area contributed by atoms with Crippen LogP contribution in [-0.4, -0.2) is 32.0 Å². The second-order valence-corrected chi connectivity index (χ2v) is 2.46. The van der Waals surface area contributed by atoms with E-state index in [-0.39, 0.29) is 5.69 Å². The summed E-state index contributed by atoms with van der Waals surface area (Å²) >= 11 is 0. The molecule has 1 aromatic rings. The van der Waals surface area contributed by atoms with Crippen LogP contribution in [0.15, 0.2) is 6.20 Å². The highest BCUT2D eigenvalue weighted by Crippen LogP contribution is 2.03. The monoisotopic (exact) mass is 184 g/mol. The Kier molecular flexibility index (Phi) is 2.27. The summed E-state index contributed by atoms with van der Waals surface area (Å²) < 4.78 is 1.06. The molecule has 0 fully saturated rings. The van der Waals surface area contributed by atoms with Gasteiger partial charge in [-0.1, -0.05) is 5.21 Å². The van der Waals surface area contributed by atoms with Gasteiger partial charge in [-0.05, 0) is 6.92 Å². The molecule has 7 nitrogen and oxygen atoms in total. The Morgan fingerprint density at radius 1 is 1.69 bits per heavy atom. The number of carboxylic acid groups (broad SMARTS) is 1. The van der Waals surface area contributed by atoms with Crippen molar-refractivity contribution in [2.75, 3.05) is 0 Å². The molecule has 1 rings (SSSR count). The summed E-state index contributed by atoms with van der Waals surface area (Å²) in [5.74, 6) is -1.79. The molecule has 7 heteroatoms. The molecule has 0 spiro atoms. The van der Waals surface area contributed by atoms with Crippen LogP contribution in [0.3, 0.4) is 0 Å². The predicted molar refractivity (Wildman–Crippen MR) is 40.9 cm³/mol. The van der Waals surface area contributed by atoms with Gasteiger partial charge in [-0.3, -0.25) is 4.79 Å². The zero-order chi connectivity index (χ0) is 10.0. The average molecular weight is 184 g/mol. The van der Waals surface area contributed by atoms with Crippen molar-refractivity contribution in [3.8, 4) is 0 Å². The molecule has 0 saturated heterocycles. The molecule has 0 aromatic carbocycles. The number of hydrogen-bond acceptors (Lipinski definition) is 4. The minimum atomic E-state index is -1.05. The Morgan fingerprint density at radius 3 is 2.69 bits per heavy atom. The normalized spacial score (nSPS) is 12.4. The first-order valence-corrected chi connectivity index (χ1v) is 3.47. The molecule has 0 unspecified atom stereocenters. The molecule has 1 aromatic heterocycles. The summed E-state index contributed by atoms with van der Waals surface area (Å²) in [7, 11) is 0. The Labute approximate surface area is 73.1 Å². The van der Waals surface area contributed by atoms with Crippen LogP contribution >= 0.6 is 0 Å². The number of carbonyl (C=O) groups is 2. The maximum absolute atomic E-state index is 10.6. The molecule has 3 N–H and O–H groups in total. The van der Waals surface area contributed by atoms with Gasteiger partial charge in [0.2, 0.25) is 0 Å². The van der Waals surface area contributed by atoms with Gasteiger partial charge in [0.15, 0.2) is 5.69 Å². The van der Waals surface area contributed by atoms with Crippen molar-refractivity contribution in [1.29, 1.82) is 0 Å². The summed E-state index contributed by atoms with van der Waals surface area (Å²) in [6.07, 6.45) is 1.20. The predicted octanol–water partition coefficient (Wildman–Crippen LogP) is -0.977. The molecule has 0 aliphatic rings. The first-order chi connectivity index (χ1) is 6.02. The maximum atomic E-state index is 10.6. The van der Waals surface area contributed by atoms with E-state index in [1.165, 1.54) is 13.1 Å². The molecule has 0 bridgehead atoms. The number of primary amides is 1. The van der Waals surface area contributed by atoms with Gasteiger partial charge in [-0.2, -0.15) is 0 Å². The van der Waals surface area contributed by atoms with Crippen LogP contribution in [0.1, 0.15) is 23.5 Å². The SMILES string of the molecule is C[C@@H](C(=O)O)n1cc(C(N)=O)nn1. The molecular formula is C6H8N4O3. The van der Waals surface area contributed by atoms with Gasteiger partial charge in [-0.25, -0.2) is 9.48 Å². The number of aromatic nitrogens is 3. The van der Waals surface area contributed by atoms with Crippen LogP contribution in [0.5, 0.6) is 0 Å². The second kappa shape index (κ2) is 3.21. The molecule has 0 aliphatic carbocycles. The summed E-state index contributed by atoms with van der Waals surface area (Å²) in [6, 6.07) is -0.861. The number of nitrogens with zero attached hydrogens (tertiary/aromatic N) is 3. The standard InChI is InChI=1S/C6H8N4O3/c1-3(6(12)13)10-2-4(5(7)11)8-9-10/h2-3H,1H3,(H2,7,11)(H,12,13)/t3-/m0/s1. The minimum Gasteiger partial charge on any atom is -0.480 e. The van der Waals surface area contributed by atoms with Gasteiger partial charge in [0.1, 0.15) is 6.04 Å². The first-order valence-electron chi connectivity index (χ1n) is 3.47. The molecule has 70 valence electrons. The van der Waals surface area contributed by atoms with Crippen molar-refractivity contribution in [3.05, 3.63) is 11.9 Å².